The quantitative estimate of drug-likeness (QED) is 0.412. The molecule has 0 aliphatic rings. The van der Waals surface area contributed by atoms with Crippen molar-refractivity contribution in [2.45, 2.75) is 97.9 Å². The number of hydrazine groups is 1. The molecule has 0 aliphatic carbocycles. The smallest absolute Gasteiger partial charge is 0.0377 e. The van der Waals surface area contributed by atoms with Crippen molar-refractivity contribution >= 4 is 0 Å². The van der Waals surface area contributed by atoms with E-state index in [0.717, 1.165) is 0 Å². The summed E-state index contributed by atoms with van der Waals surface area (Å²) in [5.74, 6) is 6.05. The fraction of sp³-hybridized carbons (Fsp3) is 1.00. The first-order valence-electron chi connectivity index (χ1n) is 8.09. The molecule has 0 aromatic carbocycles. The summed E-state index contributed by atoms with van der Waals surface area (Å²) in [5.41, 5.74) is 3.79. The molecule has 0 aromatic heterocycles. The van der Waals surface area contributed by atoms with E-state index in [4.69, 9.17) is 5.84 Å². The summed E-state index contributed by atoms with van der Waals surface area (Å²) in [5, 5.41) is 0. The first kappa shape index (κ1) is 17.9. The van der Waals surface area contributed by atoms with Crippen LogP contribution in [0.4, 0.5) is 0 Å². The summed E-state index contributed by atoms with van der Waals surface area (Å²) in [6, 6.07) is 0. The summed E-state index contributed by atoms with van der Waals surface area (Å²) in [6.07, 6.45) is 11.1. The largest absolute Gasteiger partial charge is 0.271 e. The van der Waals surface area contributed by atoms with E-state index in [0.29, 0.717) is 5.41 Å². The normalized spacial score (nSPS) is 13.0. The Morgan fingerprint density at radius 3 is 1.33 bits per heavy atom. The monoisotopic (exact) mass is 256 g/mol. The molecule has 0 spiro atoms. The van der Waals surface area contributed by atoms with Crippen LogP contribution in [0.15, 0.2) is 0 Å². The number of nitrogens with one attached hydrogen (secondary N) is 1. The molecule has 0 amide bonds. The predicted molar refractivity (Wildman–Crippen MR) is 82.4 cm³/mol. The molecule has 0 radical (unpaired) electrons. The average Bonchev–Trinajstić information content (AvgIpc) is 2.37. The molecule has 0 fully saturated rings. The van der Waals surface area contributed by atoms with Crippen LogP contribution >= 0.6 is 0 Å². The van der Waals surface area contributed by atoms with Crippen molar-refractivity contribution in [3.63, 3.8) is 0 Å². The molecule has 0 atom stereocenters. The van der Waals surface area contributed by atoms with E-state index < -0.39 is 0 Å². The molecule has 2 heteroatoms. The Balaban J connectivity index is 5.39. The van der Waals surface area contributed by atoms with Gasteiger partial charge in [-0.2, -0.15) is 0 Å². The molecule has 110 valence electrons. The third-order valence-corrected chi connectivity index (χ3v) is 4.78. The van der Waals surface area contributed by atoms with Crippen LogP contribution < -0.4 is 11.3 Å². The van der Waals surface area contributed by atoms with E-state index in [1.807, 2.05) is 0 Å². The minimum atomic E-state index is 0.136. The highest BCUT2D eigenvalue weighted by Crippen LogP contribution is 2.48. The van der Waals surface area contributed by atoms with E-state index in [2.05, 4.69) is 40.0 Å². The number of hydrogen-bond acceptors (Lipinski definition) is 2. The van der Waals surface area contributed by atoms with Crippen molar-refractivity contribution in [1.29, 1.82) is 0 Å². The highest BCUT2D eigenvalue weighted by molar-refractivity contribution is 5.02. The van der Waals surface area contributed by atoms with Crippen molar-refractivity contribution in [1.82, 2.24) is 5.43 Å². The Kier molecular flexibility index (Phi) is 8.89. The van der Waals surface area contributed by atoms with Gasteiger partial charge in [0.15, 0.2) is 0 Å². The molecule has 0 unspecified atom stereocenters. The van der Waals surface area contributed by atoms with Gasteiger partial charge in [0.1, 0.15) is 0 Å². The Morgan fingerprint density at radius 1 is 0.722 bits per heavy atom. The third-order valence-electron chi connectivity index (χ3n) is 4.78. The summed E-state index contributed by atoms with van der Waals surface area (Å²) in [7, 11) is 0. The molecule has 3 N–H and O–H groups in total. The standard InChI is InChI=1S/C16H36N2/c1-6-11-15(10-5,12-7-2)16(18-17,13-8-3)14-9-4/h18H,6-14,17H2,1-5H3. The lowest BCUT2D eigenvalue weighted by atomic mass is 9.59. The van der Waals surface area contributed by atoms with Gasteiger partial charge in [-0.1, -0.05) is 60.3 Å². The molecule has 0 saturated heterocycles. The molecule has 0 bridgehead atoms. The Morgan fingerprint density at radius 2 is 1.11 bits per heavy atom. The highest BCUT2D eigenvalue weighted by Gasteiger charge is 2.46. The topological polar surface area (TPSA) is 38.0 Å². The number of hydrogen-bond donors (Lipinski definition) is 2. The van der Waals surface area contributed by atoms with E-state index in [9.17, 15) is 0 Å². The van der Waals surface area contributed by atoms with Gasteiger partial charge in [-0.3, -0.25) is 11.3 Å². The van der Waals surface area contributed by atoms with Crippen LogP contribution in [0.5, 0.6) is 0 Å². The lowest BCUT2D eigenvalue weighted by Crippen LogP contribution is -2.60. The van der Waals surface area contributed by atoms with Crippen molar-refractivity contribution < 1.29 is 0 Å². The molecule has 18 heavy (non-hydrogen) atoms. The third kappa shape index (κ3) is 3.71. The van der Waals surface area contributed by atoms with Gasteiger partial charge in [-0.05, 0) is 37.5 Å². The fourth-order valence-electron chi connectivity index (χ4n) is 4.06. The molecule has 2 nitrogen and oxygen atoms in total. The zero-order valence-corrected chi connectivity index (χ0v) is 13.4. The van der Waals surface area contributed by atoms with Gasteiger partial charge in [-0.15, -0.1) is 0 Å². The second kappa shape index (κ2) is 8.92. The van der Waals surface area contributed by atoms with Crippen molar-refractivity contribution in [2.75, 3.05) is 0 Å². The molecular formula is C16H36N2. The molecule has 0 aromatic rings. The Bertz CT molecular complexity index is 167. The van der Waals surface area contributed by atoms with Crippen LogP contribution in [0.1, 0.15) is 92.4 Å². The SMILES string of the molecule is CCCC(CC)(CCC)C(CCC)(CCC)NN. The van der Waals surface area contributed by atoms with E-state index in [1.54, 1.807) is 0 Å². The first-order chi connectivity index (χ1) is 8.61. The van der Waals surface area contributed by atoms with Gasteiger partial charge in [0.25, 0.3) is 0 Å². The van der Waals surface area contributed by atoms with Crippen LogP contribution in [-0.4, -0.2) is 5.54 Å². The van der Waals surface area contributed by atoms with Gasteiger partial charge in [0.2, 0.25) is 0 Å². The number of rotatable bonds is 11. The minimum absolute atomic E-state index is 0.136. The Labute approximate surface area is 115 Å². The van der Waals surface area contributed by atoms with Gasteiger partial charge in [0, 0.05) is 5.54 Å². The van der Waals surface area contributed by atoms with E-state index in [-0.39, 0.29) is 5.54 Å². The van der Waals surface area contributed by atoms with E-state index in [1.165, 1.54) is 57.8 Å². The van der Waals surface area contributed by atoms with Crippen LogP contribution in [0.2, 0.25) is 0 Å². The minimum Gasteiger partial charge on any atom is -0.271 e. The second-order valence-corrected chi connectivity index (χ2v) is 5.86. The molecule has 0 aliphatic heterocycles. The summed E-state index contributed by atoms with van der Waals surface area (Å²) >= 11 is 0. The lowest BCUT2D eigenvalue weighted by Gasteiger charge is -2.51. The highest BCUT2D eigenvalue weighted by atomic mass is 15.3. The zero-order valence-electron chi connectivity index (χ0n) is 13.4. The maximum atomic E-state index is 6.05. The first-order valence-corrected chi connectivity index (χ1v) is 8.09. The van der Waals surface area contributed by atoms with Crippen molar-refractivity contribution in [2.24, 2.45) is 11.3 Å². The maximum Gasteiger partial charge on any atom is 0.0377 e. The summed E-state index contributed by atoms with van der Waals surface area (Å²) in [4.78, 5) is 0. The summed E-state index contributed by atoms with van der Waals surface area (Å²) in [6.45, 7) is 11.5. The predicted octanol–water partition coefficient (Wildman–Crippen LogP) is 4.79. The second-order valence-electron chi connectivity index (χ2n) is 5.86. The van der Waals surface area contributed by atoms with Crippen molar-refractivity contribution in [3.8, 4) is 0 Å². The summed E-state index contributed by atoms with van der Waals surface area (Å²) < 4.78 is 0. The fourth-order valence-corrected chi connectivity index (χ4v) is 4.06. The van der Waals surface area contributed by atoms with Gasteiger partial charge < -0.3 is 0 Å². The molecular weight excluding hydrogens is 220 g/mol. The number of nitrogens with two attached hydrogens (primary N) is 1. The van der Waals surface area contributed by atoms with Crippen LogP contribution in [0, 0.1) is 5.41 Å². The van der Waals surface area contributed by atoms with Crippen LogP contribution in [0.3, 0.4) is 0 Å². The average molecular weight is 256 g/mol. The van der Waals surface area contributed by atoms with Crippen LogP contribution in [-0.2, 0) is 0 Å². The van der Waals surface area contributed by atoms with Gasteiger partial charge in [0.05, 0.1) is 0 Å². The van der Waals surface area contributed by atoms with Gasteiger partial charge >= 0.3 is 0 Å². The lowest BCUT2D eigenvalue weighted by molar-refractivity contribution is 0.0342. The van der Waals surface area contributed by atoms with Crippen LogP contribution in [0.25, 0.3) is 0 Å². The molecule has 0 heterocycles. The molecule has 0 rings (SSSR count). The zero-order chi connectivity index (χ0) is 14.1. The maximum absolute atomic E-state index is 6.05. The van der Waals surface area contributed by atoms with Crippen molar-refractivity contribution in [3.05, 3.63) is 0 Å². The Hall–Kier alpha value is -0.0800. The van der Waals surface area contributed by atoms with E-state index >= 15 is 0 Å². The molecule has 0 saturated carbocycles. The van der Waals surface area contributed by atoms with Gasteiger partial charge in [-0.25, -0.2) is 0 Å².